The maximum absolute atomic E-state index is 12.7. The van der Waals surface area contributed by atoms with Gasteiger partial charge >= 0.3 is 0 Å². The molecular formula is C19H21N3O3S. The second-order valence-corrected chi connectivity index (χ2v) is 8.11. The molecule has 2 atom stereocenters. The van der Waals surface area contributed by atoms with Crippen molar-refractivity contribution >= 4 is 35.0 Å². The molecule has 0 spiro atoms. The van der Waals surface area contributed by atoms with Crippen LogP contribution in [0.1, 0.15) is 49.4 Å². The van der Waals surface area contributed by atoms with Crippen molar-refractivity contribution in [2.45, 2.75) is 55.2 Å². The molecule has 2 amide bonds. The Hall–Kier alpha value is -2.33. The van der Waals surface area contributed by atoms with Crippen molar-refractivity contribution in [3.63, 3.8) is 0 Å². The zero-order chi connectivity index (χ0) is 18.7. The normalized spacial score (nSPS) is 21.1. The summed E-state index contributed by atoms with van der Waals surface area (Å²) in [6.45, 7) is 1.81. The highest BCUT2D eigenvalue weighted by atomic mass is 32.2. The van der Waals surface area contributed by atoms with Gasteiger partial charge in [-0.15, -0.1) is 11.8 Å². The lowest BCUT2D eigenvalue weighted by atomic mass is 9.93. The van der Waals surface area contributed by atoms with Crippen molar-refractivity contribution in [3.05, 3.63) is 23.8 Å². The fourth-order valence-corrected chi connectivity index (χ4v) is 4.23. The summed E-state index contributed by atoms with van der Waals surface area (Å²) in [5, 5.41) is 14.8. The molecule has 1 aromatic rings. The van der Waals surface area contributed by atoms with Crippen LogP contribution in [0.4, 0.5) is 5.69 Å². The first-order valence-corrected chi connectivity index (χ1v) is 9.73. The number of rotatable bonds is 4. The molecule has 7 heteroatoms. The van der Waals surface area contributed by atoms with Gasteiger partial charge in [0.05, 0.1) is 17.0 Å². The smallest absolute Gasteiger partial charge is 0.245 e. The summed E-state index contributed by atoms with van der Waals surface area (Å²) >= 11 is 1.42. The van der Waals surface area contributed by atoms with Crippen LogP contribution in [0.3, 0.4) is 0 Å². The maximum atomic E-state index is 12.7. The van der Waals surface area contributed by atoms with E-state index in [1.165, 1.54) is 11.8 Å². The first kappa shape index (κ1) is 18.5. The second kappa shape index (κ2) is 7.92. The Balaban J connectivity index is 1.74. The first-order chi connectivity index (χ1) is 12.5. The molecule has 1 fully saturated rings. The lowest BCUT2D eigenvalue weighted by Crippen LogP contribution is -2.42. The molecule has 2 N–H and O–H groups in total. The quantitative estimate of drug-likeness (QED) is 0.626. The molecule has 0 bridgehead atoms. The fourth-order valence-electron chi connectivity index (χ4n) is 3.30. The van der Waals surface area contributed by atoms with Gasteiger partial charge in [0.25, 0.3) is 0 Å². The number of anilines is 1. The van der Waals surface area contributed by atoms with Gasteiger partial charge in [-0.1, -0.05) is 25.3 Å². The minimum absolute atomic E-state index is 0.0422. The Morgan fingerprint density at radius 1 is 1.31 bits per heavy atom. The van der Waals surface area contributed by atoms with Crippen LogP contribution in [0.2, 0.25) is 0 Å². The molecule has 1 saturated carbocycles. The van der Waals surface area contributed by atoms with Gasteiger partial charge in [-0.05, 0) is 31.9 Å². The van der Waals surface area contributed by atoms with Crippen LogP contribution >= 0.6 is 11.8 Å². The number of benzene rings is 1. The highest BCUT2D eigenvalue weighted by Gasteiger charge is 2.31. The summed E-state index contributed by atoms with van der Waals surface area (Å²) in [7, 11) is 0. The van der Waals surface area contributed by atoms with Crippen LogP contribution in [-0.2, 0) is 9.59 Å². The molecule has 0 aromatic heterocycles. The summed E-state index contributed by atoms with van der Waals surface area (Å²) in [6.07, 6.45) is 5.04. The van der Waals surface area contributed by atoms with Crippen molar-refractivity contribution in [2.24, 2.45) is 5.92 Å². The molecule has 0 unspecified atom stereocenters. The molecular weight excluding hydrogens is 350 g/mol. The molecule has 2 aliphatic rings. The van der Waals surface area contributed by atoms with Crippen LogP contribution in [0.25, 0.3) is 0 Å². The number of carbonyl (C=O) groups excluding carboxylic acids is 3. The second-order valence-electron chi connectivity index (χ2n) is 6.73. The van der Waals surface area contributed by atoms with Crippen LogP contribution in [0, 0.1) is 17.2 Å². The van der Waals surface area contributed by atoms with Gasteiger partial charge in [-0.25, -0.2) is 0 Å². The number of Topliss-reactive ketones (excluding diaryl/α,β-unsaturated/α-hetero) is 1. The molecule has 1 aromatic carbocycles. The van der Waals surface area contributed by atoms with E-state index in [0.29, 0.717) is 5.69 Å². The summed E-state index contributed by atoms with van der Waals surface area (Å²) < 4.78 is 0. The number of hydrogen-bond acceptors (Lipinski definition) is 5. The molecule has 0 radical (unpaired) electrons. The molecule has 1 heterocycles. The van der Waals surface area contributed by atoms with E-state index in [-0.39, 0.29) is 22.8 Å². The predicted molar refractivity (Wildman–Crippen MR) is 98.8 cm³/mol. The predicted octanol–water partition coefficient (Wildman–Crippen LogP) is 2.89. The summed E-state index contributed by atoms with van der Waals surface area (Å²) in [5.74, 6) is -2.57. The van der Waals surface area contributed by atoms with E-state index >= 15 is 0 Å². The van der Waals surface area contributed by atoms with E-state index in [2.05, 4.69) is 10.6 Å². The maximum Gasteiger partial charge on any atom is 0.245 e. The van der Waals surface area contributed by atoms with E-state index < -0.39 is 17.6 Å². The number of nitriles is 1. The molecule has 26 heavy (non-hydrogen) atoms. The molecule has 3 rings (SSSR count). The zero-order valence-electron chi connectivity index (χ0n) is 14.6. The minimum Gasteiger partial charge on any atom is -0.352 e. The Morgan fingerprint density at radius 2 is 2.04 bits per heavy atom. The number of thioether (sulfide) groups is 1. The molecule has 1 aliphatic carbocycles. The topological polar surface area (TPSA) is 99.1 Å². The number of hydrogen-bond donors (Lipinski definition) is 2. The average molecular weight is 371 g/mol. The Morgan fingerprint density at radius 3 is 2.73 bits per heavy atom. The van der Waals surface area contributed by atoms with Crippen molar-refractivity contribution in [2.75, 3.05) is 5.32 Å². The van der Waals surface area contributed by atoms with Gasteiger partial charge in [-0.3, -0.25) is 14.4 Å². The third kappa shape index (κ3) is 3.91. The van der Waals surface area contributed by atoms with Crippen LogP contribution in [0.15, 0.2) is 23.1 Å². The third-order valence-electron chi connectivity index (χ3n) is 4.80. The number of nitrogens with one attached hydrogen (secondary N) is 2. The van der Waals surface area contributed by atoms with Crippen LogP contribution < -0.4 is 10.6 Å². The number of nitrogens with zero attached hydrogens (tertiary/aromatic N) is 1. The fraction of sp³-hybridized carbons (Fsp3) is 0.474. The Labute approximate surface area is 156 Å². The van der Waals surface area contributed by atoms with E-state index in [0.717, 1.165) is 37.0 Å². The summed E-state index contributed by atoms with van der Waals surface area (Å²) in [6, 6.07) is 6.78. The molecule has 6 nitrogen and oxygen atoms in total. The third-order valence-corrected chi connectivity index (χ3v) is 5.98. The molecule has 1 aliphatic heterocycles. The lowest BCUT2D eigenvalue weighted by Gasteiger charge is -2.24. The average Bonchev–Trinajstić information content (AvgIpc) is 2.63. The number of ketones is 1. The van der Waals surface area contributed by atoms with Crippen molar-refractivity contribution < 1.29 is 14.4 Å². The summed E-state index contributed by atoms with van der Waals surface area (Å²) in [4.78, 5) is 37.8. The summed E-state index contributed by atoms with van der Waals surface area (Å²) in [5.41, 5.74) is 0.804. The van der Waals surface area contributed by atoms with E-state index in [1.807, 2.05) is 13.0 Å². The highest BCUT2D eigenvalue weighted by Crippen LogP contribution is 2.36. The van der Waals surface area contributed by atoms with Gasteiger partial charge in [0.1, 0.15) is 0 Å². The first-order valence-electron chi connectivity index (χ1n) is 8.85. The number of amides is 2. The van der Waals surface area contributed by atoms with Gasteiger partial charge in [0, 0.05) is 16.5 Å². The highest BCUT2D eigenvalue weighted by molar-refractivity contribution is 8.00. The Kier molecular flexibility index (Phi) is 5.62. The standard InChI is InChI=1S/C19H21N3O3S/c1-11-18(24)22-15-9-12(7-8-16(15)26-11)17(23)14(10-20)19(25)21-13-5-3-2-4-6-13/h7-9,11,13-14H,2-6H2,1H3,(H,21,25)(H,22,24)/t11-,14+/m1/s1. The largest absolute Gasteiger partial charge is 0.352 e. The molecule has 136 valence electrons. The van der Waals surface area contributed by atoms with Crippen molar-refractivity contribution in [1.82, 2.24) is 5.32 Å². The van der Waals surface area contributed by atoms with E-state index in [9.17, 15) is 19.6 Å². The molecule has 0 saturated heterocycles. The van der Waals surface area contributed by atoms with E-state index in [4.69, 9.17) is 0 Å². The monoisotopic (exact) mass is 371 g/mol. The van der Waals surface area contributed by atoms with E-state index in [1.54, 1.807) is 18.2 Å². The van der Waals surface area contributed by atoms with Crippen molar-refractivity contribution in [1.29, 1.82) is 5.26 Å². The number of carbonyl (C=O) groups is 3. The SMILES string of the molecule is C[C@H]1Sc2ccc(C(=O)[C@H](C#N)C(=O)NC3CCCCC3)cc2NC1=O. The lowest BCUT2D eigenvalue weighted by molar-refractivity contribution is -0.123. The van der Waals surface area contributed by atoms with Crippen LogP contribution in [0.5, 0.6) is 0 Å². The minimum atomic E-state index is -1.37. The van der Waals surface area contributed by atoms with Gasteiger partial charge in [-0.2, -0.15) is 5.26 Å². The zero-order valence-corrected chi connectivity index (χ0v) is 15.4. The van der Waals surface area contributed by atoms with Gasteiger partial charge in [0.15, 0.2) is 11.7 Å². The van der Waals surface area contributed by atoms with Gasteiger partial charge in [0.2, 0.25) is 11.8 Å². The number of fused-ring (bicyclic) bond motifs is 1. The Bertz CT molecular complexity index is 781. The van der Waals surface area contributed by atoms with Crippen molar-refractivity contribution in [3.8, 4) is 6.07 Å². The van der Waals surface area contributed by atoms with Gasteiger partial charge < -0.3 is 10.6 Å². The van der Waals surface area contributed by atoms with Crippen LogP contribution in [-0.4, -0.2) is 28.9 Å².